The first-order valence-corrected chi connectivity index (χ1v) is 5.39. The van der Waals surface area contributed by atoms with E-state index in [9.17, 15) is 0 Å². The molecule has 0 aliphatic carbocycles. The van der Waals surface area contributed by atoms with E-state index in [0.717, 1.165) is 36.4 Å². The van der Waals surface area contributed by atoms with Crippen molar-refractivity contribution in [3.05, 3.63) is 35.9 Å². The fourth-order valence-electron chi connectivity index (χ4n) is 1.90. The summed E-state index contributed by atoms with van der Waals surface area (Å²) in [5, 5.41) is 7.37. The Morgan fingerprint density at radius 1 is 1.38 bits per heavy atom. The van der Waals surface area contributed by atoms with Crippen LogP contribution in [0.4, 0.5) is 0 Å². The fraction of sp³-hybridized carbons (Fsp3) is 0.364. The number of rotatable bonds is 1. The molecular formula is C11H12N4O. The van der Waals surface area contributed by atoms with Crippen LogP contribution in [-0.4, -0.2) is 28.5 Å². The topological polar surface area (TPSA) is 59.4 Å². The fourth-order valence-corrected chi connectivity index (χ4v) is 1.90. The van der Waals surface area contributed by atoms with Gasteiger partial charge in [0, 0.05) is 18.0 Å². The number of nitrogens with one attached hydrogen (secondary N) is 1. The van der Waals surface area contributed by atoms with Crippen molar-refractivity contribution in [1.82, 2.24) is 15.3 Å². The molecule has 3 heterocycles. The van der Waals surface area contributed by atoms with Crippen molar-refractivity contribution in [2.75, 3.05) is 6.54 Å². The summed E-state index contributed by atoms with van der Waals surface area (Å²) >= 11 is 0. The van der Waals surface area contributed by atoms with Crippen molar-refractivity contribution < 1.29 is 4.84 Å². The van der Waals surface area contributed by atoms with Gasteiger partial charge in [-0.25, -0.2) is 0 Å². The van der Waals surface area contributed by atoms with E-state index in [1.807, 2.05) is 0 Å². The van der Waals surface area contributed by atoms with Gasteiger partial charge in [0.2, 0.25) is 6.23 Å². The summed E-state index contributed by atoms with van der Waals surface area (Å²) in [5.74, 6) is 0. The number of hydrogen-bond donors (Lipinski definition) is 1. The first-order valence-electron chi connectivity index (χ1n) is 5.39. The predicted octanol–water partition coefficient (Wildman–Crippen LogP) is 0.847. The van der Waals surface area contributed by atoms with Crippen LogP contribution in [0.1, 0.15) is 18.5 Å². The summed E-state index contributed by atoms with van der Waals surface area (Å²) in [6.45, 7) is 0.952. The lowest BCUT2D eigenvalue weighted by Gasteiger charge is -2.09. The minimum atomic E-state index is -0.112. The van der Waals surface area contributed by atoms with Crippen LogP contribution < -0.4 is 5.32 Å². The quantitative estimate of drug-likeness (QED) is 0.756. The molecule has 16 heavy (non-hydrogen) atoms. The monoisotopic (exact) mass is 216 g/mol. The van der Waals surface area contributed by atoms with Gasteiger partial charge in [-0.2, -0.15) is 0 Å². The van der Waals surface area contributed by atoms with E-state index in [1.54, 1.807) is 18.6 Å². The molecule has 3 rings (SSSR count). The van der Waals surface area contributed by atoms with Crippen molar-refractivity contribution in [3.63, 3.8) is 0 Å². The molecule has 1 N–H and O–H groups in total. The Kier molecular flexibility index (Phi) is 2.38. The molecule has 1 atom stereocenters. The molecule has 5 heteroatoms. The highest BCUT2D eigenvalue weighted by molar-refractivity contribution is 6.12. The van der Waals surface area contributed by atoms with E-state index in [1.165, 1.54) is 0 Å². The van der Waals surface area contributed by atoms with Gasteiger partial charge in [0.05, 0.1) is 6.20 Å². The van der Waals surface area contributed by atoms with E-state index in [2.05, 4.69) is 26.5 Å². The van der Waals surface area contributed by atoms with E-state index in [4.69, 9.17) is 4.84 Å². The summed E-state index contributed by atoms with van der Waals surface area (Å²) in [4.78, 5) is 13.6. The maximum absolute atomic E-state index is 5.34. The third-order valence-corrected chi connectivity index (χ3v) is 2.69. The second-order valence-corrected chi connectivity index (χ2v) is 3.77. The van der Waals surface area contributed by atoms with Gasteiger partial charge in [-0.05, 0) is 19.4 Å². The maximum atomic E-state index is 5.34. The average molecular weight is 216 g/mol. The molecule has 0 aromatic carbocycles. The van der Waals surface area contributed by atoms with Gasteiger partial charge in [-0.3, -0.25) is 15.3 Å². The smallest absolute Gasteiger partial charge is 0.206 e. The van der Waals surface area contributed by atoms with Crippen LogP contribution in [0.15, 0.2) is 35.4 Å². The van der Waals surface area contributed by atoms with Crippen molar-refractivity contribution >= 4 is 5.71 Å². The van der Waals surface area contributed by atoms with Crippen LogP contribution in [-0.2, 0) is 4.84 Å². The lowest BCUT2D eigenvalue weighted by atomic mass is 10.1. The summed E-state index contributed by atoms with van der Waals surface area (Å²) < 4.78 is 0. The van der Waals surface area contributed by atoms with Crippen molar-refractivity contribution in [2.24, 2.45) is 5.16 Å². The normalized spacial score (nSPS) is 23.9. The summed E-state index contributed by atoms with van der Waals surface area (Å²) in [7, 11) is 0. The molecule has 0 unspecified atom stereocenters. The average Bonchev–Trinajstić information content (AvgIpc) is 2.60. The van der Waals surface area contributed by atoms with E-state index < -0.39 is 0 Å². The zero-order chi connectivity index (χ0) is 10.8. The molecule has 2 aliphatic rings. The van der Waals surface area contributed by atoms with Gasteiger partial charge in [-0.1, -0.05) is 11.2 Å². The van der Waals surface area contributed by atoms with Crippen molar-refractivity contribution in [2.45, 2.75) is 19.1 Å². The molecule has 1 aromatic heterocycles. The van der Waals surface area contributed by atoms with Crippen molar-refractivity contribution in [3.8, 4) is 0 Å². The molecule has 82 valence electrons. The predicted molar refractivity (Wildman–Crippen MR) is 58.8 cm³/mol. The van der Waals surface area contributed by atoms with Crippen molar-refractivity contribution in [1.29, 1.82) is 0 Å². The largest absolute Gasteiger partial charge is 0.371 e. The minimum absolute atomic E-state index is 0.112. The van der Waals surface area contributed by atoms with Gasteiger partial charge >= 0.3 is 0 Å². The molecule has 0 amide bonds. The number of oxime groups is 1. The van der Waals surface area contributed by atoms with Crippen LogP contribution in [0.5, 0.6) is 0 Å². The molecule has 1 aromatic rings. The molecule has 0 fully saturated rings. The molecule has 5 nitrogen and oxygen atoms in total. The van der Waals surface area contributed by atoms with Gasteiger partial charge in [-0.15, -0.1) is 0 Å². The molecule has 0 bridgehead atoms. The first kappa shape index (κ1) is 9.47. The zero-order valence-electron chi connectivity index (χ0n) is 8.76. The van der Waals surface area contributed by atoms with Crippen LogP contribution in [0.3, 0.4) is 0 Å². The molecule has 0 saturated carbocycles. The van der Waals surface area contributed by atoms with E-state index in [-0.39, 0.29) is 6.23 Å². The summed E-state index contributed by atoms with van der Waals surface area (Å²) in [5.41, 5.74) is 2.64. The molecular weight excluding hydrogens is 204 g/mol. The second-order valence-electron chi connectivity index (χ2n) is 3.77. The minimum Gasteiger partial charge on any atom is -0.371 e. The molecule has 2 aliphatic heterocycles. The Bertz CT molecular complexity index is 441. The maximum Gasteiger partial charge on any atom is 0.206 e. The first-order chi connectivity index (χ1) is 7.95. The number of hydrogen-bond acceptors (Lipinski definition) is 5. The Labute approximate surface area is 93.2 Å². The van der Waals surface area contributed by atoms with E-state index in [0.29, 0.717) is 0 Å². The highest BCUT2D eigenvalue weighted by Crippen LogP contribution is 2.22. The molecule has 0 radical (unpaired) electrons. The lowest BCUT2D eigenvalue weighted by molar-refractivity contribution is 0.0808. The Hall–Kier alpha value is -1.75. The van der Waals surface area contributed by atoms with Gasteiger partial charge in [0.1, 0.15) is 11.4 Å². The molecule has 0 spiro atoms. The van der Waals surface area contributed by atoms with Crippen LogP contribution in [0, 0.1) is 0 Å². The Balaban J connectivity index is 1.95. The Morgan fingerprint density at radius 3 is 3.25 bits per heavy atom. The molecule has 0 saturated heterocycles. The standard InChI is InChI=1S/C11H12N4O/c1-2-4-14-11-8(3-1)10(15-16-11)9-7-12-5-6-13-9/h3,5-7,11,14H,1-2,4H2/t11-/m1/s1. The van der Waals surface area contributed by atoms with Gasteiger partial charge < -0.3 is 4.84 Å². The zero-order valence-corrected chi connectivity index (χ0v) is 8.76. The SMILES string of the molecule is C1=C2C(c3cnccn3)=NO[C@H]2NCCC1. The van der Waals surface area contributed by atoms with Crippen LogP contribution in [0.25, 0.3) is 0 Å². The summed E-state index contributed by atoms with van der Waals surface area (Å²) in [6.07, 6.45) is 9.24. The van der Waals surface area contributed by atoms with Crippen LogP contribution >= 0.6 is 0 Å². The Morgan fingerprint density at radius 2 is 2.38 bits per heavy atom. The summed E-state index contributed by atoms with van der Waals surface area (Å²) in [6, 6.07) is 0. The number of nitrogens with zero attached hydrogens (tertiary/aromatic N) is 3. The third-order valence-electron chi connectivity index (χ3n) is 2.69. The second kappa shape index (κ2) is 4.02. The van der Waals surface area contributed by atoms with Gasteiger partial charge in [0.25, 0.3) is 0 Å². The lowest BCUT2D eigenvalue weighted by Crippen LogP contribution is -2.30. The van der Waals surface area contributed by atoms with Gasteiger partial charge in [0.15, 0.2) is 0 Å². The highest BCUT2D eigenvalue weighted by Gasteiger charge is 2.29. The van der Waals surface area contributed by atoms with Crippen LogP contribution in [0.2, 0.25) is 0 Å². The third kappa shape index (κ3) is 1.59. The number of aromatic nitrogens is 2. The van der Waals surface area contributed by atoms with E-state index >= 15 is 0 Å². The number of fused-ring (bicyclic) bond motifs is 1. The highest BCUT2D eigenvalue weighted by atomic mass is 16.7. The number of allylic oxidation sites excluding steroid dienone is 1.